The molecule has 90 valence electrons. The molecule has 1 fully saturated rings. The Morgan fingerprint density at radius 3 is 3.06 bits per heavy atom. The van der Waals surface area contributed by atoms with Crippen LogP contribution in [0.3, 0.4) is 0 Å². The average Bonchev–Trinajstić information content (AvgIpc) is 2.77. The molecule has 2 heterocycles. The Kier molecular flexibility index (Phi) is 3.90. The fraction of sp³-hybridized carbons (Fsp3) is 0.818. The second kappa shape index (κ2) is 5.41. The molecule has 0 saturated carbocycles. The zero-order chi connectivity index (χ0) is 11.4. The number of aliphatic hydroxyl groups excluding tert-OH is 1. The molecule has 1 atom stereocenters. The van der Waals surface area contributed by atoms with Gasteiger partial charge in [-0.15, -0.1) is 0 Å². The normalized spacial score (nSPS) is 22.5. The van der Waals surface area contributed by atoms with E-state index in [0.717, 1.165) is 25.2 Å². The van der Waals surface area contributed by atoms with E-state index in [1.165, 1.54) is 12.8 Å². The molecule has 0 aliphatic carbocycles. The summed E-state index contributed by atoms with van der Waals surface area (Å²) in [5.41, 5.74) is 0. The molecule has 2 rings (SSSR count). The topological polar surface area (TPSA) is 62.4 Å². The van der Waals surface area contributed by atoms with Gasteiger partial charge in [0.05, 0.1) is 13.2 Å². The SMILES string of the molecule is CCc1nc(CN2CCCCC2CO)no1. The summed E-state index contributed by atoms with van der Waals surface area (Å²) in [6.45, 7) is 3.92. The van der Waals surface area contributed by atoms with Gasteiger partial charge in [-0.1, -0.05) is 18.5 Å². The molecule has 5 nitrogen and oxygen atoms in total. The van der Waals surface area contributed by atoms with Crippen LogP contribution in [0, 0.1) is 0 Å². The predicted molar refractivity (Wildman–Crippen MR) is 58.8 cm³/mol. The molecule has 1 saturated heterocycles. The Bertz CT molecular complexity index is 327. The van der Waals surface area contributed by atoms with Gasteiger partial charge in [-0.05, 0) is 19.4 Å². The van der Waals surface area contributed by atoms with Crippen molar-refractivity contribution in [2.24, 2.45) is 0 Å². The van der Waals surface area contributed by atoms with Gasteiger partial charge in [0.15, 0.2) is 5.82 Å². The lowest BCUT2D eigenvalue weighted by molar-refractivity contribution is 0.0812. The Labute approximate surface area is 95.4 Å². The minimum Gasteiger partial charge on any atom is -0.395 e. The van der Waals surface area contributed by atoms with Crippen molar-refractivity contribution in [3.8, 4) is 0 Å². The molecular weight excluding hydrogens is 206 g/mol. The molecule has 0 spiro atoms. The van der Waals surface area contributed by atoms with Crippen LogP contribution in [0.2, 0.25) is 0 Å². The number of aryl methyl sites for hydroxylation is 1. The maximum atomic E-state index is 9.28. The monoisotopic (exact) mass is 225 g/mol. The zero-order valence-electron chi connectivity index (χ0n) is 9.72. The van der Waals surface area contributed by atoms with Crippen LogP contribution in [0.5, 0.6) is 0 Å². The smallest absolute Gasteiger partial charge is 0.226 e. The summed E-state index contributed by atoms with van der Waals surface area (Å²) in [5, 5.41) is 13.2. The van der Waals surface area contributed by atoms with Gasteiger partial charge in [-0.2, -0.15) is 4.98 Å². The van der Waals surface area contributed by atoms with Crippen LogP contribution in [0.1, 0.15) is 37.9 Å². The van der Waals surface area contributed by atoms with Crippen molar-refractivity contribution < 1.29 is 9.63 Å². The second-order valence-electron chi connectivity index (χ2n) is 4.26. The van der Waals surface area contributed by atoms with Crippen molar-refractivity contribution in [1.29, 1.82) is 0 Å². The van der Waals surface area contributed by atoms with Gasteiger partial charge < -0.3 is 9.63 Å². The summed E-state index contributed by atoms with van der Waals surface area (Å²) in [7, 11) is 0. The van der Waals surface area contributed by atoms with Crippen molar-refractivity contribution in [2.75, 3.05) is 13.2 Å². The largest absolute Gasteiger partial charge is 0.395 e. The van der Waals surface area contributed by atoms with Gasteiger partial charge in [0.25, 0.3) is 0 Å². The molecule has 5 heteroatoms. The third-order valence-electron chi connectivity index (χ3n) is 3.12. The van der Waals surface area contributed by atoms with Crippen LogP contribution in [-0.4, -0.2) is 39.3 Å². The Balaban J connectivity index is 1.96. The van der Waals surface area contributed by atoms with Crippen molar-refractivity contribution in [3.63, 3.8) is 0 Å². The number of likely N-dealkylation sites (tertiary alicyclic amines) is 1. The van der Waals surface area contributed by atoms with Gasteiger partial charge in [-0.25, -0.2) is 0 Å². The summed E-state index contributed by atoms with van der Waals surface area (Å²) >= 11 is 0. The molecule has 1 unspecified atom stereocenters. The number of aliphatic hydroxyl groups is 1. The van der Waals surface area contributed by atoms with Crippen molar-refractivity contribution in [2.45, 2.75) is 45.2 Å². The van der Waals surface area contributed by atoms with E-state index < -0.39 is 0 Å². The molecule has 1 N–H and O–H groups in total. The molecular formula is C11H19N3O2. The Hall–Kier alpha value is -0.940. The molecule has 0 aromatic carbocycles. The standard InChI is InChI=1S/C11H19N3O2/c1-2-11-12-10(13-16-11)7-14-6-4-3-5-9(14)8-15/h9,15H,2-8H2,1H3. The maximum absolute atomic E-state index is 9.28. The van der Waals surface area contributed by atoms with Gasteiger partial charge in [0.1, 0.15) is 0 Å². The van der Waals surface area contributed by atoms with Crippen molar-refractivity contribution in [3.05, 3.63) is 11.7 Å². The van der Waals surface area contributed by atoms with E-state index in [9.17, 15) is 5.11 Å². The molecule has 1 aromatic rings. The number of piperidine rings is 1. The summed E-state index contributed by atoms with van der Waals surface area (Å²) in [6, 6.07) is 0.261. The van der Waals surface area contributed by atoms with E-state index in [1.54, 1.807) is 0 Å². The number of aromatic nitrogens is 2. The fourth-order valence-electron chi connectivity index (χ4n) is 2.15. The number of rotatable bonds is 4. The Morgan fingerprint density at radius 2 is 2.38 bits per heavy atom. The van der Waals surface area contributed by atoms with Gasteiger partial charge in [-0.3, -0.25) is 4.90 Å². The highest BCUT2D eigenvalue weighted by molar-refractivity contribution is 4.88. The van der Waals surface area contributed by atoms with E-state index >= 15 is 0 Å². The van der Waals surface area contributed by atoms with Crippen LogP contribution >= 0.6 is 0 Å². The highest BCUT2D eigenvalue weighted by atomic mass is 16.5. The van der Waals surface area contributed by atoms with Crippen LogP contribution < -0.4 is 0 Å². The van der Waals surface area contributed by atoms with E-state index in [4.69, 9.17) is 4.52 Å². The summed E-state index contributed by atoms with van der Waals surface area (Å²) in [5.74, 6) is 1.42. The lowest BCUT2D eigenvalue weighted by atomic mass is 10.0. The number of hydrogen-bond donors (Lipinski definition) is 1. The average molecular weight is 225 g/mol. The summed E-state index contributed by atoms with van der Waals surface area (Å²) < 4.78 is 5.07. The quantitative estimate of drug-likeness (QED) is 0.827. The molecule has 0 amide bonds. The molecule has 0 radical (unpaired) electrons. The minimum atomic E-state index is 0.221. The van der Waals surface area contributed by atoms with Crippen molar-refractivity contribution in [1.82, 2.24) is 15.0 Å². The summed E-state index contributed by atoms with van der Waals surface area (Å²) in [4.78, 5) is 6.53. The molecule has 1 aliphatic heterocycles. The molecule has 1 aromatic heterocycles. The van der Waals surface area contributed by atoms with E-state index in [2.05, 4.69) is 15.0 Å². The lowest BCUT2D eigenvalue weighted by Crippen LogP contribution is -2.41. The maximum Gasteiger partial charge on any atom is 0.226 e. The Morgan fingerprint density at radius 1 is 1.50 bits per heavy atom. The molecule has 0 bridgehead atoms. The lowest BCUT2D eigenvalue weighted by Gasteiger charge is -2.33. The number of nitrogens with zero attached hydrogens (tertiary/aromatic N) is 3. The third-order valence-corrected chi connectivity index (χ3v) is 3.12. The van der Waals surface area contributed by atoms with Crippen LogP contribution in [-0.2, 0) is 13.0 Å². The minimum absolute atomic E-state index is 0.221. The van der Waals surface area contributed by atoms with Crippen molar-refractivity contribution >= 4 is 0 Å². The fourth-order valence-corrected chi connectivity index (χ4v) is 2.15. The first-order chi connectivity index (χ1) is 7.83. The first-order valence-corrected chi connectivity index (χ1v) is 6.00. The van der Waals surface area contributed by atoms with Gasteiger partial charge in [0, 0.05) is 12.5 Å². The first-order valence-electron chi connectivity index (χ1n) is 6.00. The highest BCUT2D eigenvalue weighted by Crippen LogP contribution is 2.18. The van der Waals surface area contributed by atoms with Gasteiger partial charge in [0.2, 0.25) is 5.89 Å². The number of hydrogen-bond acceptors (Lipinski definition) is 5. The van der Waals surface area contributed by atoms with E-state index in [1.807, 2.05) is 6.92 Å². The van der Waals surface area contributed by atoms with E-state index in [0.29, 0.717) is 12.4 Å². The molecule has 1 aliphatic rings. The summed E-state index contributed by atoms with van der Waals surface area (Å²) in [6.07, 6.45) is 4.23. The predicted octanol–water partition coefficient (Wildman–Crippen LogP) is 0.979. The molecule has 16 heavy (non-hydrogen) atoms. The van der Waals surface area contributed by atoms with Crippen LogP contribution in [0.4, 0.5) is 0 Å². The van der Waals surface area contributed by atoms with Crippen LogP contribution in [0.25, 0.3) is 0 Å². The van der Waals surface area contributed by atoms with E-state index in [-0.39, 0.29) is 12.6 Å². The van der Waals surface area contributed by atoms with Gasteiger partial charge >= 0.3 is 0 Å². The zero-order valence-corrected chi connectivity index (χ0v) is 9.72. The third kappa shape index (κ3) is 2.59. The first kappa shape index (κ1) is 11.5. The second-order valence-corrected chi connectivity index (χ2v) is 4.26. The highest BCUT2D eigenvalue weighted by Gasteiger charge is 2.23. The van der Waals surface area contributed by atoms with Crippen LogP contribution in [0.15, 0.2) is 4.52 Å².